The first-order valence-corrected chi connectivity index (χ1v) is 5.34. The van der Waals surface area contributed by atoms with Gasteiger partial charge in [0.15, 0.2) is 5.82 Å². The molecule has 0 bridgehead atoms. The molecule has 2 rings (SSSR count). The predicted octanol–water partition coefficient (Wildman–Crippen LogP) is 1.53. The van der Waals surface area contributed by atoms with Gasteiger partial charge in [0.25, 0.3) is 0 Å². The minimum absolute atomic E-state index is 0.411. The molecule has 1 heterocycles. The number of nitrogens with one attached hydrogen (secondary N) is 1. The Labute approximate surface area is 104 Å². The summed E-state index contributed by atoms with van der Waals surface area (Å²) in [4.78, 5) is 11.3. The average molecular weight is 246 g/mol. The molecule has 0 aliphatic rings. The Balaban J connectivity index is 2.22. The topological polar surface area (TPSA) is 82.2 Å². The van der Waals surface area contributed by atoms with E-state index in [1.165, 1.54) is 7.11 Å². The number of hydrogen-bond acceptors (Lipinski definition) is 5. The van der Waals surface area contributed by atoms with Crippen LogP contribution in [0, 0.1) is 0 Å². The molecule has 0 saturated carbocycles. The second-order valence-electron chi connectivity index (χ2n) is 3.79. The molecule has 0 aliphatic heterocycles. The third-order valence-corrected chi connectivity index (χ3v) is 2.45. The Morgan fingerprint density at radius 3 is 2.78 bits per heavy atom. The first-order chi connectivity index (χ1) is 8.60. The maximum Gasteiger partial charge on any atom is 0.337 e. The molecule has 1 aromatic heterocycles. The Kier molecular flexibility index (Phi) is 3.18. The average Bonchev–Trinajstić information content (AvgIpc) is 2.76. The molecule has 0 saturated heterocycles. The number of aryl methyl sites for hydroxylation is 1. The molecule has 18 heavy (non-hydrogen) atoms. The summed E-state index contributed by atoms with van der Waals surface area (Å²) >= 11 is 0. The second-order valence-corrected chi connectivity index (χ2v) is 3.79. The number of methoxy groups -OCH3 is 1. The van der Waals surface area contributed by atoms with Crippen LogP contribution in [-0.4, -0.2) is 22.9 Å². The van der Waals surface area contributed by atoms with Gasteiger partial charge in [0.1, 0.15) is 0 Å². The number of nitrogens with two attached hydrogens (primary N) is 1. The fourth-order valence-electron chi connectivity index (χ4n) is 1.54. The van der Waals surface area contributed by atoms with Crippen LogP contribution in [0.3, 0.4) is 0 Å². The zero-order chi connectivity index (χ0) is 13.1. The first kappa shape index (κ1) is 12.0. The Morgan fingerprint density at radius 2 is 2.22 bits per heavy atom. The predicted molar refractivity (Wildman–Crippen MR) is 68.7 cm³/mol. The Bertz CT molecular complexity index is 577. The van der Waals surface area contributed by atoms with Crippen molar-refractivity contribution in [3.05, 3.63) is 36.0 Å². The van der Waals surface area contributed by atoms with E-state index >= 15 is 0 Å². The lowest BCUT2D eigenvalue weighted by Crippen LogP contribution is -2.04. The van der Waals surface area contributed by atoms with Crippen LogP contribution in [0.25, 0.3) is 0 Å². The summed E-state index contributed by atoms with van der Waals surface area (Å²) in [7, 11) is 3.16. The highest BCUT2D eigenvalue weighted by atomic mass is 16.5. The van der Waals surface area contributed by atoms with Gasteiger partial charge >= 0.3 is 5.97 Å². The number of ether oxygens (including phenoxy) is 1. The molecular formula is C12H14N4O2. The number of hydrogen-bond donors (Lipinski definition) is 2. The number of carbonyl (C=O) groups excluding carboxylic acids is 1. The molecule has 1 aromatic carbocycles. The standard InChI is InChI=1S/C12H14N4O2/c1-16-6-5-11(15-16)14-10-4-3-8(7-9(10)13)12(17)18-2/h3-7H,13H2,1-2H3,(H,14,15). The van der Waals surface area contributed by atoms with Crippen molar-refractivity contribution in [2.75, 3.05) is 18.2 Å². The van der Waals surface area contributed by atoms with E-state index in [0.29, 0.717) is 22.8 Å². The fraction of sp³-hybridized carbons (Fsp3) is 0.167. The van der Waals surface area contributed by atoms with Crippen LogP contribution in [0.1, 0.15) is 10.4 Å². The molecule has 0 unspecified atom stereocenters. The molecule has 3 N–H and O–H groups in total. The van der Waals surface area contributed by atoms with Gasteiger partial charge in [-0.1, -0.05) is 0 Å². The maximum atomic E-state index is 11.3. The molecule has 6 nitrogen and oxygen atoms in total. The SMILES string of the molecule is COC(=O)c1ccc(Nc2ccn(C)n2)c(N)c1. The summed E-state index contributed by atoms with van der Waals surface area (Å²) in [5.41, 5.74) is 7.44. The first-order valence-electron chi connectivity index (χ1n) is 5.34. The van der Waals surface area contributed by atoms with E-state index in [1.54, 1.807) is 22.9 Å². The third kappa shape index (κ3) is 2.42. The van der Waals surface area contributed by atoms with E-state index < -0.39 is 5.97 Å². The van der Waals surface area contributed by atoms with Crippen LogP contribution < -0.4 is 11.1 Å². The molecular weight excluding hydrogens is 232 g/mol. The number of anilines is 3. The molecule has 6 heteroatoms. The quantitative estimate of drug-likeness (QED) is 0.634. The van der Waals surface area contributed by atoms with Crippen LogP contribution in [0.4, 0.5) is 17.2 Å². The van der Waals surface area contributed by atoms with Gasteiger partial charge in [-0.25, -0.2) is 4.79 Å². The van der Waals surface area contributed by atoms with E-state index in [-0.39, 0.29) is 0 Å². The molecule has 0 radical (unpaired) electrons. The minimum atomic E-state index is -0.411. The summed E-state index contributed by atoms with van der Waals surface area (Å²) < 4.78 is 6.30. The van der Waals surface area contributed by atoms with Crippen molar-refractivity contribution in [2.24, 2.45) is 7.05 Å². The molecule has 0 spiro atoms. The lowest BCUT2D eigenvalue weighted by atomic mass is 10.1. The van der Waals surface area contributed by atoms with Crippen LogP contribution in [0.15, 0.2) is 30.5 Å². The molecule has 0 atom stereocenters. The molecule has 0 amide bonds. The van der Waals surface area contributed by atoms with Crippen molar-refractivity contribution in [1.29, 1.82) is 0 Å². The highest BCUT2D eigenvalue weighted by Crippen LogP contribution is 2.23. The van der Waals surface area contributed by atoms with Gasteiger partial charge < -0.3 is 15.8 Å². The monoisotopic (exact) mass is 246 g/mol. The van der Waals surface area contributed by atoms with Gasteiger partial charge in [-0.15, -0.1) is 0 Å². The fourth-order valence-corrected chi connectivity index (χ4v) is 1.54. The van der Waals surface area contributed by atoms with E-state index in [0.717, 1.165) is 0 Å². The van der Waals surface area contributed by atoms with Gasteiger partial charge in [0.05, 0.1) is 24.0 Å². The lowest BCUT2D eigenvalue weighted by Gasteiger charge is -2.08. The highest BCUT2D eigenvalue weighted by molar-refractivity contribution is 5.92. The summed E-state index contributed by atoms with van der Waals surface area (Å²) in [5.74, 6) is 0.279. The molecule has 0 aliphatic carbocycles. The van der Waals surface area contributed by atoms with E-state index in [1.807, 2.05) is 19.3 Å². The number of benzene rings is 1. The Hall–Kier alpha value is -2.50. The van der Waals surface area contributed by atoms with E-state index in [9.17, 15) is 4.79 Å². The number of carbonyl (C=O) groups is 1. The third-order valence-electron chi connectivity index (χ3n) is 2.45. The Morgan fingerprint density at radius 1 is 1.44 bits per heavy atom. The summed E-state index contributed by atoms with van der Waals surface area (Å²) in [5, 5.41) is 7.25. The van der Waals surface area contributed by atoms with Gasteiger partial charge in [0.2, 0.25) is 0 Å². The van der Waals surface area contributed by atoms with Crippen LogP contribution in [-0.2, 0) is 11.8 Å². The number of rotatable bonds is 3. The van der Waals surface area contributed by atoms with E-state index in [2.05, 4.69) is 15.2 Å². The summed E-state index contributed by atoms with van der Waals surface area (Å²) in [6.45, 7) is 0. The molecule has 2 aromatic rings. The van der Waals surface area contributed by atoms with E-state index in [4.69, 9.17) is 5.73 Å². The smallest absolute Gasteiger partial charge is 0.337 e. The van der Waals surface area contributed by atoms with Gasteiger partial charge in [0, 0.05) is 19.3 Å². The largest absolute Gasteiger partial charge is 0.465 e. The van der Waals surface area contributed by atoms with Crippen LogP contribution in [0.5, 0.6) is 0 Å². The normalized spacial score (nSPS) is 10.1. The minimum Gasteiger partial charge on any atom is -0.465 e. The lowest BCUT2D eigenvalue weighted by molar-refractivity contribution is 0.0601. The number of nitrogens with zero attached hydrogens (tertiary/aromatic N) is 2. The van der Waals surface area contributed by atoms with Gasteiger partial charge in [-0.3, -0.25) is 4.68 Å². The van der Waals surface area contributed by atoms with Crippen LogP contribution in [0.2, 0.25) is 0 Å². The van der Waals surface area contributed by atoms with Crippen LogP contribution >= 0.6 is 0 Å². The van der Waals surface area contributed by atoms with Crippen molar-refractivity contribution < 1.29 is 9.53 Å². The van der Waals surface area contributed by atoms with Crippen molar-refractivity contribution in [1.82, 2.24) is 9.78 Å². The molecule has 94 valence electrons. The number of nitrogen functional groups attached to an aromatic ring is 1. The van der Waals surface area contributed by atoms with Crippen molar-refractivity contribution >= 4 is 23.2 Å². The van der Waals surface area contributed by atoms with Gasteiger partial charge in [-0.05, 0) is 18.2 Å². The van der Waals surface area contributed by atoms with Gasteiger partial charge in [-0.2, -0.15) is 5.10 Å². The highest BCUT2D eigenvalue weighted by Gasteiger charge is 2.08. The van der Waals surface area contributed by atoms with Crippen molar-refractivity contribution in [3.8, 4) is 0 Å². The zero-order valence-corrected chi connectivity index (χ0v) is 10.2. The summed E-state index contributed by atoms with van der Waals surface area (Å²) in [6.07, 6.45) is 1.82. The van der Waals surface area contributed by atoms with Crippen molar-refractivity contribution in [3.63, 3.8) is 0 Å². The van der Waals surface area contributed by atoms with Crippen molar-refractivity contribution in [2.45, 2.75) is 0 Å². The second kappa shape index (κ2) is 4.79. The maximum absolute atomic E-state index is 11.3. The molecule has 0 fully saturated rings. The number of esters is 1. The number of aromatic nitrogens is 2. The zero-order valence-electron chi connectivity index (χ0n) is 10.2. The summed E-state index contributed by atoms with van der Waals surface area (Å²) in [6, 6.07) is 6.76.